The van der Waals surface area contributed by atoms with Gasteiger partial charge in [-0.2, -0.15) is 0 Å². The van der Waals surface area contributed by atoms with Crippen LogP contribution in [0.15, 0.2) is 102 Å². The summed E-state index contributed by atoms with van der Waals surface area (Å²) in [5.41, 5.74) is 5.62. The second-order valence-corrected chi connectivity index (χ2v) is 10.4. The van der Waals surface area contributed by atoms with E-state index in [4.69, 9.17) is 0 Å². The summed E-state index contributed by atoms with van der Waals surface area (Å²) in [5, 5.41) is 3.13. The molecule has 4 aromatic rings. The number of sulfonamides is 1. The fraction of sp³-hybridized carbons (Fsp3) is 0.138. The first-order valence-corrected chi connectivity index (χ1v) is 12.8. The van der Waals surface area contributed by atoms with E-state index in [1.165, 1.54) is 0 Å². The van der Waals surface area contributed by atoms with Crippen molar-refractivity contribution in [3.8, 4) is 0 Å². The van der Waals surface area contributed by atoms with E-state index in [1.807, 2.05) is 68.4 Å². The van der Waals surface area contributed by atoms with Crippen molar-refractivity contribution in [3.63, 3.8) is 0 Å². The van der Waals surface area contributed by atoms with Crippen LogP contribution in [0, 0.1) is 20.8 Å². The molecule has 1 amide bonds. The number of amides is 1. The molecule has 0 heterocycles. The second-order valence-electron chi connectivity index (χ2n) is 8.68. The highest BCUT2D eigenvalue weighted by molar-refractivity contribution is 7.92. The maximum absolute atomic E-state index is 13.2. The zero-order chi connectivity index (χ0) is 25.0. The summed E-state index contributed by atoms with van der Waals surface area (Å²) in [6.07, 6.45) is 0. The van der Waals surface area contributed by atoms with E-state index in [-0.39, 0.29) is 16.8 Å². The normalized spacial score (nSPS) is 12.1. The first kappa shape index (κ1) is 24.2. The molecule has 4 aromatic carbocycles. The quantitative estimate of drug-likeness (QED) is 0.341. The van der Waals surface area contributed by atoms with Crippen LogP contribution in [0.1, 0.15) is 44.2 Å². The van der Waals surface area contributed by atoms with Gasteiger partial charge in [-0.05, 0) is 67.8 Å². The zero-order valence-corrected chi connectivity index (χ0v) is 20.8. The van der Waals surface area contributed by atoms with Crippen LogP contribution >= 0.6 is 0 Å². The van der Waals surface area contributed by atoms with Gasteiger partial charge in [-0.15, -0.1) is 0 Å². The van der Waals surface area contributed by atoms with E-state index in [2.05, 4.69) is 10.0 Å². The van der Waals surface area contributed by atoms with Gasteiger partial charge in [0.25, 0.3) is 15.9 Å². The van der Waals surface area contributed by atoms with Crippen molar-refractivity contribution in [3.05, 3.63) is 130 Å². The largest absolute Gasteiger partial charge is 0.341 e. The lowest BCUT2D eigenvalue weighted by atomic mass is 9.97. The van der Waals surface area contributed by atoms with Crippen molar-refractivity contribution in [2.75, 3.05) is 4.72 Å². The third-order valence-corrected chi connectivity index (χ3v) is 7.26. The monoisotopic (exact) mass is 484 g/mol. The first-order valence-electron chi connectivity index (χ1n) is 11.4. The van der Waals surface area contributed by atoms with Crippen LogP contribution in [0.3, 0.4) is 0 Å². The maximum atomic E-state index is 13.2. The van der Waals surface area contributed by atoms with Crippen molar-refractivity contribution in [1.29, 1.82) is 0 Å². The zero-order valence-electron chi connectivity index (χ0n) is 19.9. The van der Waals surface area contributed by atoms with Gasteiger partial charge >= 0.3 is 0 Å². The smallest absolute Gasteiger partial charge is 0.261 e. The van der Waals surface area contributed by atoms with Gasteiger partial charge in [-0.3, -0.25) is 9.52 Å². The Bertz CT molecular complexity index is 1430. The summed E-state index contributed by atoms with van der Waals surface area (Å²) in [5.74, 6) is -0.240. The Balaban J connectivity index is 1.56. The average Bonchev–Trinajstić information content (AvgIpc) is 2.85. The number of benzene rings is 4. The summed E-state index contributed by atoms with van der Waals surface area (Å²) in [6, 6.07) is 29.2. The SMILES string of the molecule is Cc1ccc(C(NC(=O)c2ccc(NS(=O)(=O)c3ccc(C)cc3)c(C)c2)c2ccccc2)cc1. The fourth-order valence-electron chi connectivity index (χ4n) is 3.82. The molecule has 4 rings (SSSR count). The Hall–Kier alpha value is -3.90. The molecule has 0 fully saturated rings. The number of rotatable bonds is 7. The number of nitrogens with one attached hydrogen (secondary N) is 2. The van der Waals surface area contributed by atoms with Crippen LogP contribution in [0.25, 0.3) is 0 Å². The third kappa shape index (κ3) is 5.78. The molecule has 35 heavy (non-hydrogen) atoms. The Morgan fingerprint density at radius 3 is 1.89 bits per heavy atom. The van der Waals surface area contributed by atoms with Crippen molar-refractivity contribution in [1.82, 2.24) is 5.32 Å². The number of hydrogen-bond acceptors (Lipinski definition) is 3. The van der Waals surface area contributed by atoms with E-state index in [9.17, 15) is 13.2 Å². The van der Waals surface area contributed by atoms with Gasteiger partial charge in [0.15, 0.2) is 0 Å². The summed E-state index contributed by atoms with van der Waals surface area (Å²) in [4.78, 5) is 13.4. The third-order valence-electron chi connectivity index (χ3n) is 5.88. The molecule has 1 unspecified atom stereocenters. The molecule has 0 aliphatic carbocycles. The van der Waals surface area contributed by atoms with E-state index < -0.39 is 10.0 Å². The molecule has 0 saturated carbocycles. The molecular weight excluding hydrogens is 456 g/mol. The number of hydrogen-bond donors (Lipinski definition) is 2. The van der Waals surface area contributed by atoms with Gasteiger partial charge in [0.1, 0.15) is 0 Å². The second kappa shape index (κ2) is 10.2. The molecular formula is C29H28N2O3S. The van der Waals surface area contributed by atoms with Crippen molar-refractivity contribution in [2.24, 2.45) is 0 Å². The van der Waals surface area contributed by atoms with E-state index >= 15 is 0 Å². The van der Waals surface area contributed by atoms with Crippen LogP contribution < -0.4 is 10.0 Å². The summed E-state index contributed by atoms with van der Waals surface area (Å²) in [6.45, 7) is 5.70. The van der Waals surface area contributed by atoms with Crippen molar-refractivity contribution >= 4 is 21.6 Å². The lowest BCUT2D eigenvalue weighted by molar-refractivity contribution is 0.0943. The van der Waals surface area contributed by atoms with Crippen molar-refractivity contribution < 1.29 is 13.2 Å². The lowest BCUT2D eigenvalue weighted by Crippen LogP contribution is -2.29. The standard InChI is InChI=1S/C29H28N2O3S/c1-20-9-13-24(14-10-20)28(23-7-5-4-6-8-23)30-29(32)25-15-18-27(22(3)19-25)31-35(33,34)26-16-11-21(2)12-17-26/h4-19,28,31H,1-3H3,(H,30,32). The fourth-order valence-corrected chi connectivity index (χ4v) is 4.95. The molecule has 0 radical (unpaired) electrons. The van der Waals surface area contributed by atoms with Crippen LogP contribution in [0.4, 0.5) is 5.69 Å². The van der Waals surface area contributed by atoms with Gasteiger partial charge in [0.05, 0.1) is 16.6 Å². The van der Waals surface area contributed by atoms with E-state index in [1.54, 1.807) is 49.4 Å². The molecule has 178 valence electrons. The lowest BCUT2D eigenvalue weighted by Gasteiger charge is -2.20. The van der Waals surface area contributed by atoms with E-state index in [0.717, 1.165) is 22.3 Å². The van der Waals surface area contributed by atoms with E-state index in [0.29, 0.717) is 16.8 Å². The minimum absolute atomic E-state index is 0.188. The average molecular weight is 485 g/mol. The van der Waals surface area contributed by atoms with Crippen LogP contribution in [-0.4, -0.2) is 14.3 Å². The molecule has 0 aliphatic rings. The Kier molecular flexibility index (Phi) is 7.03. The predicted octanol–water partition coefficient (Wildman–Crippen LogP) is 5.93. The number of anilines is 1. The Morgan fingerprint density at radius 2 is 1.29 bits per heavy atom. The van der Waals surface area contributed by atoms with Gasteiger partial charge in [0, 0.05) is 5.56 Å². The van der Waals surface area contributed by atoms with Crippen LogP contribution in [-0.2, 0) is 10.0 Å². The minimum atomic E-state index is -3.73. The minimum Gasteiger partial charge on any atom is -0.341 e. The van der Waals surface area contributed by atoms with Gasteiger partial charge in [-0.1, -0.05) is 77.9 Å². The summed E-state index contributed by atoms with van der Waals surface area (Å²) < 4.78 is 28.2. The molecule has 5 nitrogen and oxygen atoms in total. The molecule has 1 atom stereocenters. The Labute approximate surface area is 206 Å². The predicted molar refractivity (Wildman–Crippen MR) is 140 cm³/mol. The van der Waals surface area contributed by atoms with Gasteiger partial charge < -0.3 is 5.32 Å². The summed E-state index contributed by atoms with van der Waals surface area (Å²) >= 11 is 0. The highest BCUT2D eigenvalue weighted by Crippen LogP contribution is 2.25. The molecule has 0 aliphatic heterocycles. The van der Waals surface area contributed by atoms with Crippen molar-refractivity contribution in [2.45, 2.75) is 31.7 Å². The number of aryl methyl sites for hydroxylation is 3. The number of carbonyl (C=O) groups excluding carboxylic acids is 1. The Morgan fingerprint density at radius 1 is 0.714 bits per heavy atom. The first-order chi connectivity index (χ1) is 16.7. The highest BCUT2D eigenvalue weighted by atomic mass is 32.2. The summed E-state index contributed by atoms with van der Waals surface area (Å²) in [7, 11) is -3.73. The molecule has 0 spiro atoms. The van der Waals surface area contributed by atoms with Crippen LogP contribution in [0.5, 0.6) is 0 Å². The maximum Gasteiger partial charge on any atom is 0.261 e. The molecule has 0 saturated heterocycles. The van der Waals surface area contributed by atoms with Crippen LogP contribution in [0.2, 0.25) is 0 Å². The molecule has 6 heteroatoms. The highest BCUT2D eigenvalue weighted by Gasteiger charge is 2.19. The number of carbonyl (C=O) groups is 1. The topological polar surface area (TPSA) is 75.3 Å². The molecule has 0 bridgehead atoms. The van der Waals surface area contributed by atoms with Gasteiger partial charge in [0.2, 0.25) is 0 Å². The van der Waals surface area contributed by atoms with Gasteiger partial charge in [-0.25, -0.2) is 8.42 Å². The molecule has 0 aromatic heterocycles. The molecule has 2 N–H and O–H groups in total.